The second kappa shape index (κ2) is 9.90. The first-order valence-corrected chi connectivity index (χ1v) is 9.57. The maximum absolute atomic E-state index is 12.8. The van der Waals surface area contributed by atoms with Crippen molar-refractivity contribution in [3.05, 3.63) is 84.2 Å². The number of halogens is 3. The normalized spacial score (nSPS) is 11.0. The van der Waals surface area contributed by atoms with Crippen LogP contribution in [0, 0.1) is 5.41 Å². The lowest BCUT2D eigenvalue weighted by Gasteiger charge is -2.22. The monoisotopic (exact) mass is 460 g/mol. The van der Waals surface area contributed by atoms with Gasteiger partial charge >= 0.3 is 12.1 Å². The lowest BCUT2D eigenvalue weighted by Crippen LogP contribution is -2.40. The summed E-state index contributed by atoms with van der Waals surface area (Å²) in [5, 5.41) is 7.73. The van der Waals surface area contributed by atoms with Gasteiger partial charge in [-0.3, -0.25) is 10.2 Å². The molecule has 33 heavy (non-hydrogen) atoms. The predicted molar refractivity (Wildman–Crippen MR) is 112 cm³/mol. The number of hydrogen-bond donors (Lipinski definition) is 2. The van der Waals surface area contributed by atoms with E-state index in [0.29, 0.717) is 10.6 Å². The standard InChI is InChI=1S/C22H19F3N4O4/c23-22(24,25)21(31)33-29(12-13-32-18-5-3-4-16(14-18)19(26)27)20(30)15-6-8-17(9-7-15)28-10-1-2-11-28/h1-11,14H,12-13H2,(H3,26,27). The topological polar surface area (TPSA) is 111 Å². The number of hydroxylamine groups is 2. The zero-order chi connectivity index (χ0) is 24.0. The number of carbonyl (C=O) groups excluding carboxylic acids is 2. The average molecular weight is 460 g/mol. The van der Waals surface area contributed by atoms with Crippen molar-refractivity contribution in [3.63, 3.8) is 0 Å². The summed E-state index contributed by atoms with van der Waals surface area (Å²) in [5.74, 6) is -3.40. The van der Waals surface area contributed by atoms with Gasteiger partial charge in [0, 0.05) is 29.2 Å². The smallest absolute Gasteiger partial charge is 0.492 e. The minimum absolute atomic E-state index is 0.0134. The van der Waals surface area contributed by atoms with E-state index in [1.165, 1.54) is 18.2 Å². The van der Waals surface area contributed by atoms with Gasteiger partial charge in [0.05, 0.1) is 6.54 Å². The van der Waals surface area contributed by atoms with Crippen molar-refractivity contribution in [1.29, 1.82) is 5.41 Å². The van der Waals surface area contributed by atoms with Crippen LogP contribution in [0.2, 0.25) is 0 Å². The van der Waals surface area contributed by atoms with E-state index in [9.17, 15) is 22.8 Å². The molecule has 8 nitrogen and oxygen atoms in total. The van der Waals surface area contributed by atoms with Crippen LogP contribution in [-0.4, -0.2) is 46.7 Å². The highest BCUT2D eigenvalue weighted by molar-refractivity contribution is 5.95. The number of hydrogen-bond acceptors (Lipinski definition) is 5. The number of carbonyl (C=O) groups is 2. The van der Waals surface area contributed by atoms with Crippen LogP contribution < -0.4 is 10.5 Å². The molecule has 0 aliphatic carbocycles. The minimum atomic E-state index is -5.28. The van der Waals surface area contributed by atoms with Gasteiger partial charge in [-0.2, -0.15) is 18.2 Å². The number of benzene rings is 2. The lowest BCUT2D eigenvalue weighted by atomic mass is 10.2. The molecule has 0 atom stereocenters. The number of alkyl halides is 3. The van der Waals surface area contributed by atoms with E-state index in [4.69, 9.17) is 15.9 Å². The van der Waals surface area contributed by atoms with E-state index in [2.05, 4.69) is 4.84 Å². The highest BCUT2D eigenvalue weighted by Crippen LogP contribution is 2.19. The van der Waals surface area contributed by atoms with Crippen LogP contribution in [0.4, 0.5) is 13.2 Å². The van der Waals surface area contributed by atoms with Crippen molar-refractivity contribution in [3.8, 4) is 11.4 Å². The zero-order valence-electron chi connectivity index (χ0n) is 17.1. The number of aromatic nitrogens is 1. The van der Waals surface area contributed by atoms with Crippen LogP contribution in [-0.2, 0) is 9.63 Å². The molecule has 0 spiro atoms. The van der Waals surface area contributed by atoms with Gasteiger partial charge in [0.15, 0.2) is 0 Å². The van der Waals surface area contributed by atoms with Gasteiger partial charge in [0.2, 0.25) is 0 Å². The third kappa shape index (κ3) is 6.12. The summed E-state index contributed by atoms with van der Waals surface area (Å²) in [6.07, 6.45) is -1.72. The molecule has 0 aliphatic heterocycles. The zero-order valence-corrected chi connectivity index (χ0v) is 17.1. The number of nitrogens with one attached hydrogen (secondary N) is 1. The molecule has 0 aliphatic rings. The Labute approximate surface area is 186 Å². The first-order chi connectivity index (χ1) is 15.6. The molecule has 1 heterocycles. The van der Waals surface area contributed by atoms with Crippen molar-refractivity contribution in [2.24, 2.45) is 5.73 Å². The largest absolute Gasteiger partial charge is 0.493 e. The molecule has 11 heteroatoms. The number of amides is 1. The van der Waals surface area contributed by atoms with Crippen molar-refractivity contribution in [1.82, 2.24) is 9.63 Å². The molecule has 0 radical (unpaired) electrons. The fraction of sp³-hybridized carbons (Fsp3) is 0.136. The number of nitrogen functional groups attached to an aromatic ring is 1. The number of ether oxygens (including phenoxy) is 1. The average Bonchev–Trinajstić information content (AvgIpc) is 3.32. The van der Waals surface area contributed by atoms with Crippen LogP contribution in [0.15, 0.2) is 73.1 Å². The molecule has 0 bridgehead atoms. The van der Waals surface area contributed by atoms with Crippen LogP contribution in [0.1, 0.15) is 15.9 Å². The van der Waals surface area contributed by atoms with E-state index in [-0.39, 0.29) is 23.8 Å². The van der Waals surface area contributed by atoms with Crippen molar-refractivity contribution >= 4 is 17.7 Å². The minimum Gasteiger partial charge on any atom is -0.492 e. The van der Waals surface area contributed by atoms with Gasteiger partial charge < -0.3 is 19.9 Å². The second-order valence-corrected chi connectivity index (χ2v) is 6.71. The Morgan fingerprint density at radius 2 is 1.67 bits per heavy atom. The Balaban J connectivity index is 1.73. The highest BCUT2D eigenvalue weighted by atomic mass is 19.4. The van der Waals surface area contributed by atoms with Gasteiger partial charge in [0.25, 0.3) is 5.91 Å². The molecule has 0 saturated heterocycles. The third-order valence-corrected chi connectivity index (χ3v) is 4.38. The SMILES string of the molecule is N=C(N)c1cccc(OCCN(OC(=O)C(F)(F)F)C(=O)c2ccc(-n3cccc3)cc2)c1. The summed E-state index contributed by atoms with van der Waals surface area (Å²) >= 11 is 0. The summed E-state index contributed by atoms with van der Waals surface area (Å²) in [5.41, 5.74) is 6.53. The predicted octanol–water partition coefficient (Wildman–Crippen LogP) is 3.30. The van der Waals surface area contributed by atoms with Crippen molar-refractivity contribution in [2.45, 2.75) is 6.18 Å². The molecular formula is C22H19F3N4O4. The molecule has 1 aromatic heterocycles. The summed E-state index contributed by atoms with van der Waals surface area (Å²) in [7, 11) is 0. The second-order valence-electron chi connectivity index (χ2n) is 6.71. The number of nitrogens with two attached hydrogens (primary N) is 1. The lowest BCUT2D eigenvalue weighted by molar-refractivity contribution is -0.229. The number of rotatable bonds is 7. The number of amidine groups is 1. The summed E-state index contributed by atoms with van der Waals surface area (Å²) in [6.45, 7) is -0.774. The van der Waals surface area contributed by atoms with Gasteiger partial charge in [-0.05, 0) is 48.5 Å². The maximum Gasteiger partial charge on any atom is 0.493 e. The Hall–Kier alpha value is -4.28. The Kier molecular flexibility index (Phi) is 7.01. The molecule has 172 valence electrons. The van der Waals surface area contributed by atoms with E-state index in [1.54, 1.807) is 47.3 Å². The Morgan fingerprint density at radius 3 is 2.27 bits per heavy atom. The quantitative estimate of drug-likeness (QED) is 0.319. The first kappa shape index (κ1) is 23.4. The molecule has 0 fully saturated rings. The molecule has 0 unspecified atom stereocenters. The van der Waals surface area contributed by atoms with Crippen LogP contribution >= 0.6 is 0 Å². The van der Waals surface area contributed by atoms with Crippen molar-refractivity contribution < 1.29 is 32.3 Å². The van der Waals surface area contributed by atoms with E-state index in [0.717, 1.165) is 5.69 Å². The van der Waals surface area contributed by atoms with E-state index < -0.39 is 24.6 Å². The molecule has 1 amide bonds. The van der Waals surface area contributed by atoms with E-state index in [1.807, 2.05) is 12.1 Å². The molecule has 3 rings (SSSR count). The summed E-state index contributed by atoms with van der Waals surface area (Å²) < 4.78 is 45.3. The van der Waals surface area contributed by atoms with Gasteiger partial charge in [-0.15, -0.1) is 0 Å². The molecular weight excluding hydrogens is 441 g/mol. The highest BCUT2D eigenvalue weighted by Gasteiger charge is 2.43. The van der Waals surface area contributed by atoms with Crippen LogP contribution in [0.25, 0.3) is 5.69 Å². The summed E-state index contributed by atoms with van der Waals surface area (Å²) in [6, 6.07) is 15.8. The molecule has 3 aromatic rings. The number of nitrogens with zero attached hydrogens (tertiary/aromatic N) is 2. The Bertz CT molecular complexity index is 1130. The fourth-order valence-electron chi connectivity index (χ4n) is 2.77. The maximum atomic E-state index is 12.8. The molecule has 0 saturated carbocycles. The molecule has 3 N–H and O–H groups in total. The fourth-order valence-corrected chi connectivity index (χ4v) is 2.77. The first-order valence-electron chi connectivity index (χ1n) is 9.57. The Morgan fingerprint density at radius 1 is 1.00 bits per heavy atom. The van der Waals surface area contributed by atoms with E-state index >= 15 is 0 Å². The third-order valence-electron chi connectivity index (χ3n) is 4.38. The van der Waals surface area contributed by atoms with Gasteiger partial charge in [-0.25, -0.2) is 4.79 Å². The van der Waals surface area contributed by atoms with Gasteiger partial charge in [0.1, 0.15) is 18.2 Å². The van der Waals surface area contributed by atoms with Crippen molar-refractivity contribution in [2.75, 3.05) is 13.2 Å². The summed E-state index contributed by atoms with van der Waals surface area (Å²) in [4.78, 5) is 28.4. The van der Waals surface area contributed by atoms with Gasteiger partial charge in [-0.1, -0.05) is 12.1 Å². The molecule has 2 aromatic carbocycles. The van der Waals surface area contributed by atoms with Crippen LogP contribution in [0.5, 0.6) is 5.75 Å². The van der Waals surface area contributed by atoms with Crippen LogP contribution in [0.3, 0.4) is 0 Å².